The normalized spacial score (nSPS) is 24.3. The molecular formula is C26H45N5O3. The van der Waals surface area contributed by atoms with Crippen molar-refractivity contribution in [2.75, 3.05) is 45.8 Å². The molecule has 8 nitrogen and oxygen atoms in total. The van der Waals surface area contributed by atoms with Gasteiger partial charge in [0, 0.05) is 50.2 Å². The molecule has 4 aliphatic rings. The lowest BCUT2D eigenvalue weighted by Crippen LogP contribution is -2.47. The summed E-state index contributed by atoms with van der Waals surface area (Å²) in [6, 6.07) is 3.05. The van der Waals surface area contributed by atoms with Crippen LogP contribution < -0.4 is 0 Å². The first-order valence-electron chi connectivity index (χ1n) is 13.3. The van der Waals surface area contributed by atoms with Crippen molar-refractivity contribution in [2.45, 2.75) is 90.3 Å². The second-order valence-corrected chi connectivity index (χ2v) is 11.2. The first-order chi connectivity index (χ1) is 16.2. The fourth-order valence-corrected chi connectivity index (χ4v) is 6.09. The van der Waals surface area contributed by atoms with Gasteiger partial charge in [0.05, 0.1) is 12.6 Å². The third-order valence-corrected chi connectivity index (χ3v) is 8.53. The lowest BCUT2D eigenvalue weighted by atomic mass is 9.90. The Kier molecular flexibility index (Phi) is 9.22. The van der Waals surface area contributed by atoms with E-state index in [0.717, 1.165) is 70.9 Å². The van der Waals surface area contributed by atoms with Crippen LogP contribution in [0.15, 0.2) is 0 Å². The number of aliphatic carboxylic acids is 1. The summed E-state index contributed by atoms with van der Waals surface area (Å²) in [7, 11) is 0. The number of carboxylic acids is 1. The molecule has 34 heavy (non-hydrogen) atoms. The monoisotopic (exact) mass is 475 g/mol. The Bertz CT molecular complexity index is 729. The molecule has 3 aliphatic heterocycles. The third-order valence-electron chi connectivity index (χ3n) is 8.53. The van der Waals surface area contributed by atoms with E-state index in [2.05, 4.69) is 43.6 Å². The number of carboxylic acid groups (broad SMARTS) is 1. The number of carbonyl (C=O) groups excluding carboxylic acids is 1. The highest BCUT2D eigenvalue weighted by Crippen LogP contribution is 2.49. The van der Waals surface area contributed by atoms with Crippen LogP contribution in [0.3, 0.4) is 0 Å². The van der Waals surface area contributed by atoms with Gasteiger partial charge in [0.15, 0.2) is 0 Å². The zero-order chi connectivity index (χ0) is 24.9. The fourth-order valence-electron chi connectivity index (χ4n) is 6.09. The molecule has 0 unspecified atom stereocenters. The zero-order valence-electron chi connectivity index (χ0n) is 21.7. The van der Waals surface area contributed by atoms with Crippen LogP contribution in [0.5, 0.6) is 0 Å². The number of likely N-dealkylation sites (tertiary alicyclic amines) is 2. The predicted molar refractivity (Wildman–Crippen MR) is 132 cm³/mol. The summed E-state index contributed by atoms with van der Waals surface area (Å²) in [6.07, 6.45) is 7.19. The molecule has 3 heterocycles. The summed E-state index contributed by atoms with van der Waals surface area (Å²) in [5.74, 6) is 0.517. The van der Waals surface area contributed by atoms with E-state index in [4.69, 9.17) is 10.4 Å². The quantitative estimate of drug-likeness (QED) is 0.567. The minimum atomic E-state index is -0.636. The van der Waals surface area contributed by atoms with Gasteiger partial charge in [0.1, 0.15) is 0 Å². The molecule has 0 atom stereocenters. The van der Waals surface area contributed by atoms with Crippen LogP contribution in [0.2, 0.25) is 0 Å². The maximum atomic E-state index is 12.2. The van der Waals surface area contributed by atoms with Crippen LogP contribution >= 0.6 is 0 Å². The molecule has 0 spiro atoms. The van der Waals surface area contributed by atoms with E-state index in [-0.39, 0.29) is 6.03 Å². The van der Waals surface area contributed by atoms with Crippen molar-refractivity contribution in [3.8, 4) is 6.07 Å². The van der Waals surface area contributed by atoms with E-state index in [9.17, 15) is 9.59 Å². The average Bonchev–Trinajstić information content (AvgIpc) is 3.52. The SMILES string of the molecule is CC(C)C1(N2CCC(CC(=O)O)CC2)CC1.CC(C)N1CCN(C2CCN(CC#N)CC2)C1=O. The van der Waals surface area contributed by atoms with Crippen molar-refractivity contribution >= 4 is 12.0 Å². The molecule has 3 saturated heterocycles. The Morgan fingerprint density at radius 2 is 1.65 bits per heavy atom. The van der Waals surface area contributed by atoms with Crippen molar-refractivity contribution in [3.63, 3.8) is 0 Å². The van der Waals surface area contributed by atoms with Crippen molar-refractivity contribution in [1.82, 2.24) is 19.6 Å². The second-order valence-electron chi connectivity index (χ2n) is 11.2. The van der Waals surface area contributed by atoms with Gasteiger partial charge < -0.3 is 14.9 Å². The van der Waals surface area contributed by atoms with Gasteiger partial charge in [-0.2, -0.15) is 5.26 Å². The van der Waals surface area contributed by atoms with Crippen LogP contribution in [0.1, 0.15) is 72.6 Å². The van der Waals surface area contributed by atoms with Crippen molar-refractivity contribution in [2.24, 2.45) is 11.8 Å². The lowest BCUT2D eigenvalue weighted by Gasteiger charge is -2.40. The Balaban J connectivity index is 0.000000192. The third kappa shape index (κ3) is 6.42. The molecule has 0 radical (unpaired) electrons. The summed E-state index contributed by atoms with van der Waals surface area (Å²) >= 11 is 0. The molecule has 2 amide bonds. The maximum Gasteiger partial charge on any atom is 0.320 e. The Morgan fingerprint density at radius 3 is 2.09 bits per heavy atom. The number of nitriles is 1. The molecule has 1 N–H and O–H groups in total. The number of amides is 2. The van der Waals surface area contributed by atoms with Crippen LogP contribution in [0.25, 0.3) is 0 Å². The van der Waals surface area contributed by atoms with Gasteiger partial charge in [-0.25, -0.2) is 4.79 Å². The van der Waals surface area contributed by atoms with Crippen LogP contribution in [-0.2, 0) is 4.79 Å². The first-order valence-corrected chi connectivity index (χ1v) is 13.3. The van der Waals surface area contributed by atoms with Gasteiger partial charge in [0.2, 0.25) is 0 Å². The summed E-state index contributed by atoms with van der Waals surface area (Å²) < 4.78 is 0. The number of hydrogen-bond donors (Lipinski definition) is 1. The first kappa shape index (κ1) is 26.7. The fraction of sp³-hybridized carbons (Fsp3) is 0.885. The minimum Gasteiger partial charge on any atom is -0.481 e. The number of piperidine rings is 2. The number of nitrogens with zero attached hydrogens (tertiary/aromatic N) is 5. The Morgan fingerprint density at radius 1 is 1.03 bits per heavy atom. The van der Waals surface area contributed by atoms with Crippen molar-refractivity contribution in [3.05, 3.63) is 0 Å². The Hall–Kier alpha value is -1.85. The van der Waals surface area contributed by atoms with Gasteiger partial charge in [-0.05, 0) is 77.3 Å². The molecule has 8 heteroatoms. The molecule has 0 bridgehead atoms. The van der Waals surface area contributed by atoms with Crippen LogP contribution in [0.4, 0.5) is 4.79 Å². The molecule has 1 aliphatic carbocycles. The van der Waals surface area contributed by atoms with Gasteiger partial charge in [-0.1, -0.05) is 13.8 Å². The lowest BCUT2D eigenvalue weighted by molar-refractivity contribution is -0.138. The largest absolute Gasteiger partial charge is 0.481 e. The molecule has 4 fully saturated rings. The van der Waals surface area contributed by atoms with E-state index in [1.807, 2.05) is 9.80 Å². The van der Waals surface area contributed by atoms with E-state index < -0.39 is 5.97 Å². The second kappa shape index (κ2) is 11.7. The van der Waals surface area contributed by atoms with Crippen LogP contribution in [-0.4, -0.2) is 100 Å². The molecule has 4 rings (SSSR count). The average molecular weight is 476 g/mol. The Labute approximate surface area is 205 Å². The predicted octanol–water partition coefficient (Wildman–Crippen LogP) is 3.48. The molecule has 0 aromatic rings. The number of rotatable bonds is 7. The molecular weight excluding hydrogens is 430 g/mol. The molecule has 0 aromatic carbocycles. The van der Waals surface area contributed by atoms with Gasteiger partial charge in [-0.15, -0.1) is 0 Å². The summed E-state index contributed by atoms with van der Waals surface area (Å²) in [5.41, 5.74) is 0.480. The molecule has 192 valence electrons. The van der Waals surface area contributed by atoms with Crippen LogP contribution in [0, 0.1) is 23.2 Å². The highest BCUT2D eigenvalue weighted by Gasteiger charge is 2.50. The minimum absolute atomic E-state index is 0.198. The topological polar surface area (TPSA) is 91.1 Å². The van der Waals surface area contributed by atoms with Crippen molar-refractivity contribution < 1.29 is 14.7 Å². The summed E-state index contributed by atoms with van der Waals surface area (Å²) in [5, 5.41) is 17.4. The smallest absolute Gasteiger partial charge is 0.320 e. The summed E-state index contributed by atoms with van der Waals surface area (Å²) in [6.45, 7) is 15.1. The highest BCUT2D eigenvalue weighted by molar-refractivity contribution is 5.77. The number of urea groups is 1. The molecule has 0 aromatic heterocycles. The van der Waals surface area contributed by atoms with Crippen molar-refractivity contribution in [1.29, 1.82) is 5.26 Å². The maximum absolute atomic E-state index is 12.2. The number of carbonyl (C=O) groups is 2. The van der Waals surface area contributed by atoms with E-state index in [0.29, 0.717) is 36.5 Å². The number of hydrogen-bond acceptors (Lipinski definition) is 5. The van der Waals surface area contributed by atoms with E-state index in [1.54, 1.807) is 0 Å². The van der Waals surface area contributed by atoms with Gasteiger partial charge >= 0.3 is 12.0 Å². The van der Waals surface area contributed by atoms with E-state index in [1.165, 1.54) is 12.8 Å². The van der Waals surface area contributed by atoms with Gasteiger partial charge in [-0.3, -0.25) is 14.6 Å². The summed E-state index contributed by atoms with van der Waals surface area (Å²) in [4.78, 5) is 31.7. The van der Waals surface area contributed by atoms with Gasteiger partial charge in [0.25, 0.3) is 0 Å². The highest BCUT2D eigenvalue weighted by atomic mass is 16.4. The van der Waals surface area contributed by atoms with E-state index >= 15 is 0 Å². The standard InChI is InChI=1S/C13H22N4O.C13H23NO2/c1-11(2)16-9-10-17(13(16)18)12-3-6-15(7-4-12)8-5-14;1-10(2)13(5-6-13)14-7-3-11(4-8-14)9-12(15)16/h11-12H,3-4,6-10H2,1-2H3;10-11H,3-9H2,1-2H3,(H,15,16). The zero-order valence-corrected chi connectivity index (χ0v) is 21.7. The molecule has 1 saturated carbocycles.